The second-order valence-corrected chi connectivity index (χ2v) is 5.64. The quantitative estimate of drug-likeness (QED) is 0.536. The summed E-state index contributed by atoms with van der Waals surface area (Å²) in [5, 5.41) is 0. The summed E-state index contributed by atoms with van der Waals surface area (Å²) in [6.45, 7) is 15.5. The Labute approximate surface area is 98.8 Å². The molecule has 0 spiro atoms. The van der Waals surface area contributed by atoms with Gasteiger partial charge in [0.1, 0.15) is 5.60 Å². The fourth-order valence-corrected chi connectivity index (χ4v) is 0.992. The molecule has 0 unspecified atom stereocenters. The molecule has 0 aromatic carbocycles. The van der Waals surface area contributed by atoms with E-state index >= 15 is 0 Å². The Morgan fingerprint density at radius 1 is 1.19 bits per heavy atom. The van der Waals surface area contributed by atoms with E-state index in [4.69, 9.17) is 9.47 Å². The van der Waals surface area contributed by atoms with E-state index in [0.29, 0.717) is 18.6 Å². The molecule has 0 aliphatic heterocycles. The monoisotopic (exact) mass is 228 g/mol. The van der Waals surface area contributed by atoms with E-state index in [1.807, 2.05) is 34.6 Å². The number of hydrogen-bond acceptors (Lipinski definition) is 3. The van der Waals surface area contributed by atoms with Gasteiger partial charge in [-0.25, -0.2) is 4.79 Å². The third-order valence-corrected chi connectivity index (χ3v) is 1.96. The third kappa shape index (κ3) is 7.46. The maximum atomic E-state index is 11.4. The van der Waals surface area contributed by atoms with Crippen LogP contribution in [-0.4, -0.2) is 23.8 Å². The third-order valence-electron chi connectivity index (χ3n) is 1.96. The van der Waals surface area contributed by atoms with Gasteiger partial charge in [-0.15, -0.1) is 0 Å². The van der Waals surface area contributed by atoms with Crippen molar-refractivity contribution >= 4 is 5.97 Å². The van der Waals surface area contributed by atoms with Gasteiger partial charge >= 0.3 is 5.97 Å². The Kier molecular flexibility index (Phi) is 5.20. The number of carbonyl (C=O) groups excluding carboxylic acids is 1. The van der Waals surface area contributed by atoms with Gasteiger partial charge in [-0.05, 0) is 41.5 Å². The topological polar surface area (TPSA) is 35.5 Å². The van der Waals surface area contributed by atoms with E-state index in [0.717, 1.165) is 0 Å². The molecule has 0 saturated carbocycles. The highest BCUT2D eigenvalue weighted by atomic mass is 16.6. The molecule has 0 aromatic rings. The lowest BCUT2D eigenvalue weighted by atomic mass is 10.1. The molecule has 0 amide bonds. The lowest BCUT2D eigenvalue weighted by molar-refractivity contribution is -0.153. The molecule has 0 rings (SSSR count). The highest BCUT2D eigenvalue weighted by Crippen LogP contribution is 2.18. The van der Waals surface area contributed by atoms with Crippen LogP contribution in [0.4, 0.5) is 0 Å². The van der Waals surface area contributed by atoms with Crippen LogP contribution in [0.15, 0.2) is 12.2 Å². The fourth-order valence-electron chi connectivity index (χ4n) is 0.992. The van der Waals surface area contributed by atoms with E-state index in [1.54, 1.807) is 6.92 Å². The van der Waals surface area contributed by atoms with Gasteiger partial charge < -0.3 is 9.47 Å². The first-order valence-electron chi connectivity index (χ1n) is 5.56. The smallest absolute Gasteiger partial charge is 0.333 e. The highest BCUT2D eigenvalue weighted by Gasteiger charge is 2.24. The maximum absolute atomic E-state index is 11.4. The molecule has 0 saturated heterocycles. The van der Waals surface area contributed by atoms with Crippen molar-refractivity contribution in [3.8, 4) is 0 Å². The van der Waals surface area contributed by atoms with Gasteiger partial charge in [0.2, 0.25) is 0 Å². The normalized spacial score (nSPS) is 12.4. The van der Waals surface area contributed by atoms with Gasteiger partial charge in [0.05, 0.1) is 12.2 Å². The summed E-state index contributed by atoms with van der Waals surface area (Å²) in [7, 11) is 0. The molecule has 16 heavy (non-hydrogen) atoms. The summed E-state index contributed by atoms with van der Waals surface area (Å²) in [4.78, 5) is 11.4. The maximum Gasteiger partial charge on any atom is 0.333 e. The Hall–Kier alpha value is -0.830. The average molecular weight is 228 g/mol. The van der Waals surface area contributed by atoms with Gasteiger partial charge in [-0.1, -0.05) is 6.58 Å². The predicted octanol–water partition coefficient (Wildman–Crippen LogP) is 3.09. The van der Waals surface area contributed by atoms with Gasteiger partial charge in [0, 0.05) is 12.0 Å². The number of rotatable bonds is 5. The number of hydrogen-bond donors (Lipinski definition) is 0. The molecule has 0 radical (unpaired) electrons. The standard InChI is InChI=1S/C13H24O3/c1-10(2)11(14)16-13(6,7)8-9-15-12(3,4)5/h1,8-9H2,2-7H3. The second kappa shape index (κ2) is 5.48. The first kappa shape index (κ1) is 15.2. The van der Waals surface area contributed by atoms with Crippen LogP contribution in [0, 0.1) is 0 Å². The molecule has 0 N–H and O–H groups in total. The zero-order chi connectivity index (χ0) is 13.0. The van der Waals surface area contributed by atoms with Gasteiger partial charge in [0.25, 0.3) is 0 Å². The SMILES string of the molecule is C=C(C)C(=O)OC(C)(C)CCOC(C)(C)C. The van der Waals surface area contributed by atoms with E-state index < -0.39 is 5.60 Å². The van der Waals surface area contributed by atoms with Gasteiger partial charge in [-0.3, -0.25) is 0 Å². The summed E-state index contributed by atoms with van der Waals surface area (Å²) >= 11 is 0. The van der Waals surface area contributed by atoms with Crippen LogP contribution in [0.1, 0.15) is 48.0 Å². The molecule has 0 aliphatic carbocycles. The molecule has 3 heteroatoms. The summed E-state index contributed by atoms with van der Waals surface area (Å²) in [6.07, 6.45) is 0.670. The van der Waals surface area contributed by atoms with Crippen molar-refractivity contribution in [3.05, 3.63) is 12.2 Å². The van der Waals surface area contributed by atoms with Crippen molar-refractivity contribution in [1.29, 1.82) is 0 Å². The first-order chi connectivity index (χ1) is 7.03. The van der Waals surface area contributed by atoms with Crippen molar-refractivity contribution in [2.24, 2.45) is 0 Å². The summed E-state index contributed by atoms with van der Waals surface area (Å²) in [5.41, 5.74) is -0.250. The summed E-state index contributed by atoms with van der Waals surface area (Å²) < 4.78 is 10.9. The van der Waals surface area contributed by atoms with Crippen LogP contribution in [0.3, 0.4) is 0 Å². The Balaban J connectivity index is 4.06. The van der Waals surface area contributed by atoms with Crippen LogP contribution in [0.5, 0.6) is 0 Å². The number of carbonyl (C=O) groups is 1. The minimum atomic E-state index is -0.513. The molecule has 0 atom stereocenters. The van der Waals surface area contributed by atoms with Crippen molar-refractivity contribution < 1.29 is 14.3 Å². The molecule has 0 heterocycles. The largest absolute Gasteiger partial charge is 0.456 e. The van der Waals surface area contributed by atoms with Crippen LogP contribution in [0.2, 0.25) is 0 Å². The zero-order valence-electron chi connectivity index (χ0n) is 11.3. The van der Waals surface area contributed by atoms with Gasteiger partial charge in [0.15, 0.2) is 0 Å². The van der Waals surface area contributed by atoms with Crippen LogP contribution in [0.25, 0.3) is 0 Å². The lowest BCUT2D eigenvalue weighted by Crippen LogP contribution is -2.31. The van der Waals surface area contributed by atoms with E-state index in [2.05, 4.69) is 6.58 Å². The van der Waals surface area contributed by atoms with Crippen LogP contribution < -0.4 is 0 Å². The second-order valence-electron chi connectivity index (χ2n) is 5.64. The van der Waals surface area contributed by atoms with Crippen LogP contribution >= 0.6 is 0 Å². The van der Waals surface area contributed by atoms with Gasteiger partial charge in [-0.2, -0.15) is 0 Å². The average Bonchev–Trinajstić information content (AvgIpc) is 1.99. The van der Waals surface area contributed by atoms with E-state index in [1.165, 1.54) is 0 Å². The Morgan fingerprint density at radius 3 is 2.06 bits per heavy atom. The molecule has 0 bridgehead atoms. The Morgan fingerprint density at radius 2 is 1.69 bits per heavy atom. The first-order valence-corrected chi connectivity index (χ1v) is 5.56. The van der Waals surface area contributed by atoms with Crippen LogP contribution in [-0.2, 0) is 14.3 Å². The van der Waals surface area contributed by atoms with Crippen molar-refractivity contribution in [3.63, 3.8) is 0 Å². The van der Waals surface area contributed by atoms with Crippen molar-refractivity contribution in [2.45, 2.75) is 59.2 Å². The molecule has 3 nitrogen and oxygen atoms in total. The number of esters is 1. The summed E-state index contributed by atoms with van der Waals surface area (Å²) in [6, 6.07) is 0. The zero-order valence-corrected chi connectivity index (χ0v) is 11.3. The van der Waals surface area contributed by atoms with E-state index in [9.17, 15) is 4.79 Å². The molecule has 0 aliphatic rings. The Bertz CT molecular complexity index is 259. The number of ether oxygens (including phenoxy) is 2. The summed E-state index contributed by atoms with van der Waals surface area (Å²) in [5.74, 6) is -0.347. The molecular formula is C13H24O3. The lowest BCUT2D eigenvalue weighted by Gasteiger charge is -2.27. The van der Waals surface area contributed by atoms with Crippen molar-refractivity contribution in [2.75, 3.05) is 6.61 Å². The molecule has 0 fully saturated rings. The molecule has 94 valence electrons. The minimum Gasteiger partial charge on any atom is -0.456 e. The molecule has 0 aromatic heterocycles. The fraction of sp³-hybridized carbons (Fsp3) is 0.769. The highest BCUT2D eigenvalue weighted by molar-refractivity contribution is 5.87. The van der Waals surface area contributed by atoms with Crippen molar-refractivity contribution in [1.82, 2.24) is 0 Å². The van der Waals surface area contributed by atoms with E-state index in [-0.39, 0.29) is 11.6 Å². The minimum absolute atomic E-state index is 0.158. The molecular weight excluding hydrogens is 204 g/mol. The predicted molar refractivity (Wildman–Crippen MR) is 65.3 cm³/mol.